The van der Waals surface area contributed by atoms with Crippen molar-refractivity contribution in [2.75, 3.05) is 24.7 Å². The van der Waals surface area contributed by atoms with Gasteiger partial charge >= 0.3 is 0 Å². The molecule has 0 spiro atoms. The number of sulfone groups is 1. The van der Waals surface area contributed by atoms with Crippen molar-refractivity contribution in [1.29, 1.82) is 0 Å². The van der Waals surface area contributed by atoms with Gasteiger partial charge in [0.25, 0.3) is 0 Å². The molecule has 0 atom stereocenters. The zero-order valence-corrected chi connectivity index (χ0v) is 17.6. The fourth-order valence-corrected chi connectivity index (χ4v) is 5.37. The molecule has 1 aromatic carbocycles. The molecule has 1 amide bonds. The first kappa shape index (κ1) is 21.5. The van der Waals surface area contributed by atoms with Gasteiger partial charge in [-0.15, -0.1) is 0 Å². The lowest BCUT2D eigenvalue weighted by atomic mass is 9.97. The van der Waals surface area contributed by atoms with Gasteiger partial charge in [-0.1, -0.05) is 0 Å². The number of nitrogens with one attached hydrogen (secondary N) is 1. The third-order valence-corrected chi connectivity index (χ3v) is 7.88. The van der Waals surface area contributed by atoms with Crippen LogP contribution in [0, 0.1) is 11.7 Å². The van der Waals surface area contributed by atoms with E-state index in [-0.39, 0.29) is 41.4 Å². The minimum atomic E-state index is -3.62. The number of rotatable bonds is 5. The standard InChI is InChI=1S/C18H22FN3O5S2/c1-21-8-7-15(12-21)29(26,27)22-9-5-13(6-10-22)18(23)20-17-11-14(28(2,24)25)3-4-16(17)19/h3-4,7-8,11-13H,5-6,9-10H2,1-2H3,(H,20,23). The first-order chi connectivity index (χ1) is 13.5. The summed E-state index contributed by atoms with van der Waals surface area (Å²) >= 11 is 0. The van der Waals surface area contributed by atoms with Crippen molar-refractivity contribution in [3.63, 3.8) is 0 Å². The van der Waals surface area contributed by atoms with Crippen LogP contribution in [0.2, 0.25) is 0 Å². The zero-order valence-electron chi connectivity index (χ0n) is 16.0. The van der Waals surface area contributed by atoms with Crippen LogP contribution in [0.5, 0.6) is 0 Å². The molecular weight excluding hydrogens is 421 g/mol. The first-order valence-corrected chi connectivity index (χ1v) is 12.2. The number of amides is 1. The maximum atomic E-state index is 14.0. The highest BCUT2D eigenvalue weighted by Crippen LogP contribution is 2.26. The van der Waals surface area contributed by atoms with Gasteiger partial charge in [0, 0.05) is 44.7 Å². The Morgan fingerprint density at radius 3 is 2.31 bits per heavy atom. The van der Waals surface area contributed by atoms with Gasteiger partial charge in [-0.05, 0) is 37.1 Å². The number of hydrogen-bond donors (Lipinski definition) is 1. The van der Waals surface area contributed by atoms with Gasteiger partial charge in [-0.25, -0.2) is 21.2 Å². The van der Waals surface area contributed by atoms with Crippen LogP contribution in [0.25, 0.3) is 0 Å². The molecule has 1 aliphatic rings. The van der Waals surface area contributed by atoms with E-state index in [4.69, 9.17) is 0 Å². The second kappa shape index (κ2) is 7.88. The lowest BCUT2D eigenvalue weighted by Crippen LogP contribution is -2.41. The molecule has 0 aliphatic carbocycles. The van der Waals surface area contributed by atoms with E-state index < -0.39 is 37.5 Å². The molecule has 8 nitrogen and oxygen atoms in total. The van der Waals surface area contributed by atoms with E-state index in [2.05, 4.69) is 5.32 Å². The molecule has 2 aromatic rings. The predicted octanol–water partition coefficient (Wildman–Crippen LogP) is 1.61. The molecule has 29 heavy (non-hydrogen) atoms. The maximum absolute atomic E-state index is 14.0. The Bertz CT molecular complexity index is 1130. The van der Waals surface area contributed by atoms with Crippen molar-refractivity contribution in [3.8, 4) is 0 Å². The Labute approximate surface area is 169 Å². The molecule has 2 heterocycles. The van der Waals surface area contributed by atoms with Crippen LogP contribution < -0.4 is 5.32 Å². The van der Waals surface area contributed by atoms with Gasteiger partial charge < -0.3 is 9.88 Å². The van der Waals surface area contributed by atoms with E-state index in [1.807, 2.05) is 0 Å². The van der Waals surface area contributed by atoms with Crippen LogP contribution in [0.3, 0.4) is 0 Å². The van der Waals surface area contributed by atoms with Crippen LogP contribution >= 0.6 is 0 Å². The SMILES string of the molecule is Cn1ccc(S(=O)(=O)N2CCC(C(=O)Nc3cc(S(C)(=O)=O)ccc3F)CC2)c1. The molecule has 0 radical (unpaired) electrons. The number of aromatic nitrogens is 1. The van der Waals surface area contributed by atoms with Crippen molar-refractivity contribution < 1.29 is 26.0 Å². The maximum Gasteiger partial charge on any atom is 0.244 e. The minimum Gasteiger partial charge on any atom is -0.356 e. The number of sulfonamides is 1. The smallest absolute Gasteiger partial charge is 0.244 e. The Morgan fingerprint density at radius 1 is 1.10 bits per heavy atom. The number of hydrogen-bond acceptors (Lipinski definition) is 5. The Kier molecular flexibility index (Phi) is 5.84. The molecule has 1 aromatic heterocycles. The summed E-state index contributed by atoms with van der Waals surface area (Å²) in [6, 6.07) is 4.72. The lowest BCUT2D eigenvalue weighted by molar-refractivity contribution is -0.120. The number of carbonyl (C=O) groups excluding carboxylic acids is 1. The molecule has 0 saturated carbocycles. The summed E-state index contributed by atoms with van der Waals surface area (Å²) in [5, 5.41) is 2.43. The summed E-state index contributed by atoms with van der Waals surface area (Å²) in [4.78, 5) is 12.6. The second-order valence-electron chi connectivity index (χ2n) is 7.09. The molecule has 1 aliphatic heterocycles. The summed E-state index contributed by atoms with van der Waals surface area (Å²) in [6.07, 6.45) is 4.73. The first-order valence-electron chi connectivity index (χ1n) is 8.91. The van der Waals surface area contributed by atoms with Crippen molar-refractivity contribution in [1.82, 2.24) is 8.87 Å². The fraction of sp³-hybridized carbons (Fsp3) is 0.389. The normalized spacial score (nSPS) is 16.7. The Hall–Kier alpha value is -2.24. The van der Waals surface area contributed by atoms with Gasteiger partial charge in [0.2, 0.25) is 15.9 Å². The number of aryl methyl sites for hydroxylation is 1. The summed E-state index contributed by atoms with van der Waals surface area (Å²) < 4.78 is 65.5. The van der Waals surface area contributed by atoms with Crippen LogP contribution in [0.4, 0.5) is 10.1 Å². The fourth-order valence-electron chi connectivity index (χ4n) is 3.20. The van der Waals surface area contributed by atoms with Gasteiger partial charge in [0.15, 0.2) is 9.84 Å². The lowest BCUT2D eigenvalue weighted by Gasteiger charge is -2.30. The molecular formula is C18H22FN3O5S2. The number of halogens is 1. The number of carbonyl (C=O) groups is 1. The van der Waals surface area contributed by atoms with E-state index >= 15 is 0 Å². The van der Waals surface area contributed by atoms with Gasteiger partial charge in [0.05, 0.1) is 15.5 Å². The quantitative estimate of drug-likeness (QED) is 0.707. The van der Waals surface area contributed by atoms with E-state index in [9.17, 15) is 26.0 Å². The number of benzene rings is 1. The van der Waals surface area contributed by atoms with Crippen LogP contribution in [-0.2, 0) is 31.7 Å². The summed E-state index contributed by atoms with van der Waals surface area (Å²) in [5.74, 6) is -1.71. The highest BCUT2D eigenvalue weighted by atomic mass is 32.2. The number of anilines is 1. The molecule has 0 unspecified atom stereocenters. The Morgan fingerprint density at radius 2 is 1.76 bits per heavy atom. The topological polar surface area (TPSA) is 106 Å². The molecule has 11 heteroatoms. The third kappa shape index (κ3) is 4.68. The number of nitrogens with zero attached hydrogens (tertiary/aromatic N) is 2. The molecule has 0 bridgehead atoms. The van der Waals surface area contributed by atoms with E-state index in [0.29, 0.717) is 0 Å². The molecule has 3 rings (SSSR count). The van der Waals surface area contributed by atoms with Crippen LogP contribution in [0.1, 0.15) is 12.8 Å². The monoisotopic (exact) mass is 443 g/mol. The van der Waals surface area contributed by atoms with Crippen molar-refractivity contribution >= 4 is 31.5 Å². The van der Waals surface area contributed by atoms with E-state index in [0.717, 1.165) is 24.5 Å². The highest BCUT2D eigenvalue weighted by molar-refractivity contribution is 7.90. The largest absolute Gasteiger partial charge is 0.356 e. The predicted molar refractivity (Wildman–Crippen MR) is 105 cm³/mol. The Balaban J connectivity index is 1.67. The summed E-state index contributed by atoms with van der Waals surface area (Å²) in [6.45, 7) is 0.336. The highest BCUT2D eigenvalue weighted by Gasteiger charge is 2.32. The summed E-state index contributed by atoms with van der Waals surface area (Å²) in [5.41, 5.74) is -0.211. The molecule has 158 valence electrons. The van der Waals surface area contributed by atoms with Crippen molar-refractivity contribution in [3.05, 3.63) is 42.5 Å². The third-order valence-electron chi connectivity index (χ3n) is 4.89. The summed E-state index contributed by atoms with van der Waals surface area (Å²) in [7, 11) is -5.44. The van der Waals surface area contributed by atoms with Gasteiger partial charge in [-0.2, -0.15) is 4.31 Å². The van der Waals surface area contributed by atoms with Crippen molar-refractivity contribution in [2.24, 2.45) is 13.0 Å². The van der Waals surface area contributed by atoms with Crippen molar-refractivity contribution in [2.45, 2.75) is 22.6 Å². The van der Waals surface area contributed by atoms with E-state index in [1.54, 1.807) is 17.8 Å². The second-order valence-corrected chi connectivity index (χ2v) is 11.0. The van der Waals surface area contributed by atoms with Crippen LogP contribution in [-0.4, -0.2) is 51.0 Å². The average molecular weight is 444 g/mol. The number of piperidine rings is 1. The van der Waals surface area contributed by atoms with Gasteiger partial charge in [0.1, 0.15) is 5.82 Å². The van der Waals surface area contributed by atoms with Gasteiger partial charge in [-0.3, -0.25) is 4.79 Å². The van der Waals surface area contributed by atoms with E-state index in [1.165, 1.54) is 16.6 Å². The molecule has 1 saturated heterocycles. The average Bonchev–Trinajstić information content (AvgIpc) is 3.10. The minimum absolute atomic E-state index is 0.0991. The molecule has 1 N–H and O–H groups in total. The molecule has 1 fully saturated rings. The zero-order chi connectivity index (χ0) is 21.4. The van der Waals surface area contributed by atoms with Crippen LogP contribution in [0.15, 0.2) is 46.5 Å².